The molecular weight excluding hydrogens is 180 g/mol. The smallest absolute Gasteiger partial charge is 0.325 e. The highest BCUT2D eigenvalue weighted by molar-refractivity contribution is 8.76. The maximum atomic E-state index is 10.8. The fourth-order valence-electron chi connectivity index (χ4n) is 0.810. The van der Waals surface area contributed by atoms with Crippen LogP contribution in [0.15, 0.2) is 0 Å². The molecule has 0 aromatic carbocycles. The van der Waals surface area contributed by atoms with Gasteiger partial charge < -0.3 is 5.32 Å². The number of urea groups is 1. The van der Waals surface area contributed by atoms with Gasteiger partial charge in [0.15, 0.2) is 0 Å². The van der Waals surface area contributed by atoms with Crippen molar-refractivity contribution in [1.82, 2.24) is 10.0 Å². The Labute approximate surface area is 74.6 Å². The number of carbonyl (C=O) groups is 1. The van der Waals surface area contributed by atoms with Gasteiger partial charge in [0, 0.05) is 23.3 Å². The quantitative estimate of drug-likeness (QED) is 0.454. The van der Waals surface area contributed by atoms with Crippen molar-refractivity contribution in [2.24, 2.45) is 0 Å². The molecule has 0 spiro atoms. The van der Waals surface area contributed by atoms with E-state index >= 15 is 0 Å². The number of hydrogen-bond donors (Lipinski definition) is 2. The van der Waals surface area contributed by atoms with Gasteiger partial charge in [0.25, 0.3) is 0 Å². The maximum absolute atomic E-state index is 10.8. The first-order chi connectivity index (χ1) is 5.39. The van der Waals surface area contributed by atoms with E-state index in [-0.39, 0.29) is 6.03 Å². The molecule has 0 radical (unpaired) electrons. The Morgan fingerprint density at radius 1 is 1.27 bits per heavy atom. The molecule has 0 aromatic heterocycles. The van der Waals surface area contributed by atoms with Crippen LogP contribution in [-0.4, -0.2) is 18.3 Å². The second-order valence-electron chi connectivity index (χ2n) is 2.32. The summed E-state index contributed by atoms with van der Waals surface area (Å²) in [5.41, 5.74) is 0. The molecule has 1 fully saturated rings. The van der Waals surface area contributed by atoms with E-state index in [1.807, 2.05) is 0 Å². The van der Waals surface area contributed by atoms with E-state index in [0.29, 0.717) is 0 Å². The monoisotopic (exact) mass is 192 g/mol. The van der Waals surface area contributed by atoms with Gasteiger partial charge >= 0.3 is 6.03 Å². The normalized spacial score (nSPS) is 21.6. The first-order valence-electron chi connectivity index (χ1n) is 3.72. The predicted octanol–water partition coefficient (Wildman–Crippen LogP) is 1.77. The largest absolute Gasteiger partial charge is 0.337 e. The topological polar surface area (TPSA) is 41.1 Å². The zero-order valence-electron chi connectivity index (χ0n) is 6.26. The van der Waals surface area contributed by atoms with Crippen molar-refractivity contribution >= 4 is 27.8 Å². The number of rotatable bonds is 0. The molecule has 11 heavy (non-hydrogen) atoms. The summed E-state index contributed by atoms with van der Waals surface area (Å²) in [4.78, 5) is 10.8. The van der Waals surface area contributed by atoms with E-state index in [2.05, 4.69) is 10.0 Å². The lowest BCUT2D eigenvalue weighted by molar-refractivity contribution is 0.246. The van der Waals surface area contributed by atoms with Gasteiger partial charge in [-0.2, -0.15) is 0 Å². The van der Waals surface area contributed by atoms with Gasteiger partial charge in [-0.05, 0) is 12.8 Å². The number of amides is 2. The van der Waals surface area contributed by atoms with E-state index in [1.54, 1.807) is 10.8 Å². The summed E-state index contributed by atoms with van der Waals surface area (Å²) >= 11 is 0. The van der Waals surface area contributed by atoms with Crippen LogP contribution in [0.25, 0.3) is 0 Å². The zero-order chi connectivity index (χ0) is 7.94. The van der Waals surface area contributed by atoms with Gasteiger partial charge in [0.05, 0.1) is 0 Å². The molecule has 0 atom stereocenters. The van der Waals surface area contributed by atoms with Crippen molar-refractivity contribution in [2.75, 3.05) is 12.3 Å². The van der Waals surface area contributed by atoms with Crippen molar-refractivity contribution in [3.05, 3.63) is 0 Å². The highest BCUT2D eigenvalue weighted by atomic mass is 33.1. The van der Waals surface area contributed by atoms with E-state index in [4.69, 9.17) is 0 Å². The third-order valence-corrected chi connectivity index (χ3v) is 3.33. The van der Waals surface area contributed by atoms with Gasteiger partial charge in [-0.1, -0.05) is 17.2 Å². The Morgan fingerprint density at radius 3 is 3.09 bits per heavy atom. The minimum absolute atomic E-state index is 0.0654. The molecule has 64 valence electrons. The average Bonchev–Trinajstić information content (AvgIpc) is 2.03. The molecule has 1 aliphatic heterocycles. The lowest BCUT2D eigenvalue weighted by atomic mass is 10.2. The van der Waals surface area contributed by atoms with Crippen LogP contribution >= 0.6 is 21.8 Å². The number of hydrogen-bond acceptors (Lipinski definition) is 3. The highest BCUT2D eigenvalue weighted by Crippen LogP contribution is 2.19. The second kappa shape index (κ2) is 5.60. The predicted molar refractivity (Wildman–Crippen MR) is 50.4 cm³/mol. The zero-order valence-corrected chi connectivity index (χ0v) is 7.89. The van der Waals surface area contributed by atoms with Gasteiger partial charge in [-0.3, -0.25) is 4.72 Å². The summed E-state index contributed by atoms with van der Waals surface area (Å²) in [6.45, 7) is 0.803. The van der Waals surface area contributed by atoms with Crippen molar-refractivity contribution < 1.29 is 4.79 Å². The van der Waals surface area contributed by atoms with Gasteiger partial charge in [0.2, 0.25) is 0 Å². The van der Waals surface area contributed by atoms with Crippen LogP contribution in [0.5, 0.6) is 0 Å². The van der Waals surface area contributed by atoms with Crippen LogP contribution in [0, 0.1) is 0 Å². The van der Waals surface area contributed by atoms with Crippen LogP contribution in [-0.2, 0) is 0 Å². The molecule has 0 saturated carbocycles. The minimum Gasteiger partial charge on any atom is -0.337 e. The number of nitrogens with one attached hydrogen (secondary N) is 2. The summed E-state index contributed by atoms with van der Waals surface area (Å²) in [6.07, 6.45) is 3.56. The van der Waals surface area contributed by atoms with Crippen LogP contribution < -0.4 is 10.0 Å². The highest BCUT2D eigenvalue weighted by Gasteiger charge is 2.01. The molecule has 3 nitrogen and oxygen atoms in total. The Morgan fingerprint density at radius 2 is 2.18 bits per heavy atom. The molecule has 0 bridgehead atoms. The first-order valence-corrected chi connectivity index (χ1v) is 6.04. The molecule has 1 aliphatic rings. The van der Waals surface area contributed by atoms with Gasteiger partial charge in [0.1, 0.15) is 0 Å². The fraction of sp³-hybridized carbons (Fsp3) is 0.833. The van der Waals surface area contributed by atoms with Gasteiger partial charge in [-0.15, -0.1) is 0 Å². The van der Waals surface area contributed by atoms with E-state index in [1.165, 1.54) is 23.8 Å². The molecule has 1 heterocycles. The minimum atomic E-state index is -0.0654. The van der Waals surface area contributed by atoms with E-state index in [0.717, 1.165) is 18.7 Å². The molecule has 1 rings (SSSR count). The van der Waals surface area contributed by atoms with Crippen molar-refractivity contribution in [1.29, 1.82) is 0 Å². The molecular formula is C6H12N2OS2. The van der Waals surface area contributed by atoms with Crippen molar-refractivity contribution in [3.8, 4) is 0 Å². The van der Waals surface area contributed by atoms with E-state index in [9.17, 15) is 4.79 Å². The third kappa shape index (κ3) is 4.42. The molecule has 5 heteroatoms. The molecule has 1 saturated heterocycles. The van der Waals surface area contributed by atoms with E-state index < -0.39 is 0 Å². The lowest BCUT2D eigenvalue weighted by Crippen LogP contribution is -2.31. The van der Waals surface area contributed by atoms with Crippen molar-refractivity contribution in [2.45, 2.75) is 19.3 Å². The molecule has 2 N–H and O–H groups in total. The average molecular weight is 192 g/mol. The third-order valence-electron chi connectivity index (χ3n) is 1.38. The lowest BCUT2D eigenvalue weighted by Gasteiger charge is -2.08. The standard InChI is InChI=1S/C6H12N2OS2/c9-6-7-4-2-1-3-5-10-11-8-6/h1-5H2,(H2,7,8,9). The SMILES string of the molecule is O=C1NCCCCCSSN1. The summed E-state index contributed by atoms with van der Waals surface area (Å²) in [5.74, 6) is 1.13. The van der Waals surface area contributed by atoms with Crippen LogP contribution in [0.4, 0.5) is 4.79 Å². The molecule has 2 amide bonds. The summed E-state index contributed by atoms with van der Waals surface area (Å²) in [6, 6.07) is -0.0654. The van der Waals surface area contributed by atoms with Crippen LogP contribution in [0.1, 0.15) is 19.3 Å². The van der Waals surface area contributed by atoms with Gasteiger partial charge in [-0.25, -0.2) is 4.79 Å². The second-order valence-corrected chi connectivity index (χ2v) is 4.55. The summed E-state index contributed by atoms with van der Waals surface area (Å²) in [7, 11) is 3.11. The Hall–Kier alpha value is -0.0300. The maximum Gasteiger partial charge on any atom is 0.325 e. The number of carbonyl (C=O) groups excluding carboxylic acids is 1. The van der Waals surface area contributed by atoms with Crippen LogP contribution in [0.2, 0.25) is 0 Å². The molecule has 0 unspecified atom stereocenters. The fourth-order valence-corrected chi connectivity index (χ4v) is 2.43. The molecule has 0 aromatic rings. The van der Waals surface area contributed by atoms with Crippen molar-refractivity contribution in [3.63, 3.8) is 0 Å². The van der Waals surface area contributed by atoms with Crippen LogP contribution in [0.3, 0.4) is 0 Å². The summed E-state index contributed by atoms with van der Waals surface area (Å²) < 4.78 is 2.68. The Balaban J connectivity index is 2.17. The first kappa shape index (κ1) is 9.06. The Bertz CT molecular complexity index is 120. The summed E-state index contributed by atoms with van der Waals surface area (Å²) in [5, 5.41) is 2.77. The molecule has 0 aliphatic carbocycles. The Kier molecular flexibility index (Phi) is 4.61.